The normalized spacial score (nSPS) is 12.4. The maximum absolute atomic E-state index is 12.2. The van der Waals surface area contributed by atoms with Gasteiger partial charge in [-0.2, -0.15) is 0 Å². The Morgan fingerprint density at radius 2 is 1.35 bits per heavy atom. The average molecular weight is 361 g/mol. The lowest BCUT2D eigenvalue weighted by molar-refractivity contribution is -0.119. The third kappa shape index (κ3) is 7.13. The number of phenols is 1. The summed E-state index contributed by atoms with van der Waals surface area (Å²) in [5.41, 5.74) is 2.88. The first-order valence-corrected chi connectivity index (χ1v) is 10.4. The van der Waals surface area contributed by atoms with Crippen molar-refractivity contribution >= 4 is 5.78 Å². The molecule has 0 aromatic heterocycles. The monoisotopic (exact) mass is 360 g/mol. The number of benzene rings is 1. The zero-order valence-electron chi connectivity index (χ0n) is 18.2. The number of Topliss-reactive ketones (excluding diaryl/α,β-unsaturated/α-hetero) is 1. The maximum Gasteiger partial charge on any atom is 0.133 e. The first-order valence-electron chi connectivity index (χ1n) is 10.4. The minimum atomic E-state index is -0.122. The van der Waals surface area contributed by atoms with Crippen LogP contribution < -0.4 is 0 Å². The van der Waals surface area contributed by atoms with Crippen LogP contribution in [-0.4, -0.2) is 10.9 Å². The summed E-state index contributed by atoms with van der Waals surface area (Å²) in [5, 5.41) is 10.8. The highest BCUT2D eigenvalue weighted by Gasteiger charge is 2.26. The second-order valence-corrected chi connectivity index (χ2v) is 9.74. The summed E-state index contributed by atoms with van der Waals surface area (Å²) in [5.74, 6) is 0.778. The van der Waals surface area contributed by atoms with E-state index in [1.54, 1.807) is 0 Å². The number of ketones is 1. The predicted molar refractivity (Wildman–Crippen MR) is 112 cm³/mol. The van der Waals surface area contributed by atoms with Crippen molar-refractivity contribution < 1.29 is 9.90 Å². The zero-order chi connectivity index (χ0) is 20.0. The van der Waals surface area contributed by atoms with Crippen molar-refractivity contribution in [3.05, 3.63) is 28.8 Å². The molecule has 26 heavy (non-hydrogen) atoms. The number of carbonyl (C=O) groups excluding carboxylic acids is 1. The van der Waals surface area contributed by atoms with Gasteiger partial charge in [0.05, 0.1) is 0 Å². The molecule has 1 rings (SSSR count). The summed E-state index contributed by atoms with van der Waals surface area (Å²) in [7, 11) is 0. The molecule has 148 valence electrons. The van der Waals surface area contributed by atoms with Crippen LogP contribution in [0.15, 0.2) is 12.1 Å². The molecular weight excluding hydrogens is 320 g/mol. The quantitative estimate of drug-likeness (QED) is 0.489. The molecule has 2 heteroatoms. The standard InChI is InChI=1S/C24H40O2/c1-8-9-10-11-12-13-19(25)15-14-18-16-20(23(2,3)4)22(26)21(17-18)24(5,6)7/h16-17,26H,8-15H2,1-7H3. The Hall–Kier alpha value is -1.31. The highest BCUT2D eigenvalue weighted by Crippen LogP contribution is 2.40. The fourth-order valence-electron chi connectivity index (χ4n) is 3.32. The molecule has 1 N–H and O–H groups in total. The first-order chi connectivity index (χ1) is 12.0. The van der Waals surface area contributed by atoms with Gasteiger partial charge >= 0.3 is 0 Å². The van der Waals surface area contributed by atoms with Gasteiger partial charge in [-0.1, -0.05) is 86.3 Å². The van der Waals surface area contributed by atoms with Crippen LogP contribution in [0, 0.1) is 0 Å². The number of carbonyl (C=O) groups is 1. The molecule has 0 fully saturated rings. The molecule has 0 saturated heterocycles. The van der Waals surface area contributed by atoms with Crippen LogP contribution in [0.3, 0.4) is 0 Å². The number of aryl methyl sites for hydroxylation is 1. The lowest BCUT2D eigenvalue weighted by Crippen LogP contribution is -2.18. The summed E-state index contributed by atoms with van der Waals surface area (Å²) in [6.45, 7) is 15.0. The molecule has 0 radical (unpaired) electrons. The van der Waals surface area contributed by atoms with Crippen molar-refractivity contribution in [2.75, 3.05) is 0 Å². The van der Waals surface area contributed by atoms with Crippen molar-refractivity contribution in [1.82, 2.24) is 0 Å². The Kier molecular flexibility index (Phi) is 8.37. The highest BCUT2D eigenvalue weighted by atomic mass is 16.3. The van der Waals surface area contributed by atoms with E-state index in [1.165, 1.54) is 25.7 Å². The van der Waals surface area contributed by atoms with Crippen LogP contribution in [-0.2, 0) is 22.0 Å². The lowest BCUT2D eigenvalue weighted by atomic mass is 9.78. The van der Waals surface area contributed by atoms with Crippen LogP contribution in [0.25, 0.3) is 0 Å². The molecule has 1 aromatic carbocycles. The molecule has 0 atom stereocenters. The van der Waals surface area contributed by atoms with E-state index < -0.39 is 0 Å². The van der Waals surface area contributed by atoms with E-state index in [0.29, 0.717) is 24.4 Å². The van der Waals surface area contributed by atoms with E-state index in [9.17, 15) is 9.90 Å². The Morgan fingerprint density at radius 3 is 1.81 bits per heavy atom. The van der Waals surface area contributed by atoms with Gasteiger partial charge in [0.15, 0.2) is 0 Å². The molecule has 0 unspecified atom stereocenters. The van der Waals surface area contributed by atoms with Gasteiger partial charge in [0.25, 0.3) is 0 Å². The molecule has 0 heterocycles. The van der Waals surface area contributed by atoms with Gasteiger partial charge in [0.1, 0.15) is 11.5 Å². The Labute approximate surface area is 161 Å². The molecule has 2 nitrogen and oxygen atoms in total. The number of unbranched alkanes of at least 4 members (excludes halogenated alkanes) is 4. The van der Waals surface area contributed by atoms with E-state index in [1.807, 2.05) is 0 Å². The first kappa shape index (κ1) is 22.7. The molecule has 1 aromatic rings. The van der Waals surface area contributed by atoms with Gasteiger partial charge in [-0.05, 0) is 40.4 Å². The van der Waals surface area contributed by atoms with Crippen LogP contribution in [0.1, 0.15) is 110 Å². The van der Waals surface area contributed by atoms with E-state index >= 15 is 0 Å². The van der Waals surface area contributed by atoms with Crippen molar-refractivity contribution in [3.8, 4) is 5.75 Å². The molecule has 0 saturated carbocycles. The second-order valence-electron chi connectivity index (χ2n) is 9.74. The maximum atomic E-state index is 12.2. The van der Waals surface area contributed by atoms with Gasteiger partial charge in [-0.3, -0.25) is 4.79 Å². The minimum Gasteiger partial charge on any atom is -0.507 e. The van der Waals surface area contributed by atoms with Crippen molar-refractivity contribution in [2.45, 2.75) is 111 Å². The lowest BCUT2D eigenvalue weighted by Gasteiger charge is -2.28. The van der Waals surface area contributed by atoms with Gasteiger partial charge in [0.2, 0.25) is 0 Å². The number of hydrogen-bond donors (Lipinski definition) is 1. The third-order valence-corrected chi connectivity index (χ3v) is 5.04. The largest absolute Gasteiger partial charge is 0.507 e. The predicted octanol–water partition coefficient (Wildman–Crippen LogP) is 6.85. The Morgan fingerprint density at radius 1 is 0.846 bits per heavy atom. The second kappa shape index (κ2) is 9.58. The van der Waals surface area contributed by atoms with Crippen LogP contribution in [0.5, 0.6) is 5.75 Å². The number of rotatable bonds is 9. The average Bonchev–Trinajstić information content (AvgIpc) is 2.51. The Balaban J connectivity index is 2.82. The molecule has 0 aliphatic rings. The summed E-state index contributed by atoms with van der Waals surface area (Å²) in [6, 6.07) is 4.19. The fourth-order valence-corrected chi connectivity index (χ4v) is 3.32. The van der Waals surface area contributed by atoms with Crippen LogP contribution >= 0.6 is 0 Å². The summed E-state index contributed by atoms with van der Waals surface area (Å²) < 4.78 is 0. The molecule has 0 bridgehead atoms. The molecular formula is C24H40O2. The number of hydrogen-bond acceptors (Lipinski definition) is 2. The van der Waals surface area contributed by atoms with Gasteiger partial charge < -0.3 is 5.11 Å². The Bertz CT molecular complexity index is 550. The van der Waals surface area contributed by atoms with Gasteiger partial charge in [0, 0.05) is 12.8 Å². The van der Waals surface area contributed by atoms with Crippen molar-refractivity contribution in [2.24, 2.45) is 0 Å². The highest BCUT2D eigenvalue weighted by molar-refractivity contribution is 5.78. The fraction of sp³-hybridized carbons (Fsp3) is 0.708. The SMILES string of the molecule is CCCCCCCC(=O)CCc1cc(C(C)(C)C)c(O)c(C(C)(C)C)c1. The molecule has 0 aliphatic carbocycles. The van der Waals surface area contributed by atoms with Crippen molar-refractivity contribution in [1.29, 1.82) is 0 Å². The third-order valence-electron chi connectivity index (χ3n) is 5.04. The summed E-state index contributed by atoms with van der Waals surface area (Å²) in [4.78, 5) is 12.2. The topological polar surface area (TPSA) is 37.3 Å². The van der Waals surface area contributed by atoms with E-state index in [4.69, 9.17) is 0 Å². The van der Waals surface area contributed by atoms with E-state index in [2.05, 4.69) is 60.6 Å². The van der Waals surface area contributed by atoms with Crippen LogP contribution in [0.4, 0.5) is 0 Å². The van der Waals surface area contributed by atoms with E-state index in [0.717, 1.165) is 29.5 Å². The smallest absolute Gasteiger partial charge is 0.133 e. The van der Waals surface area contributed by atoms with Gasteiger partial charge in [-0.25, -0.2) is 0 Å². The van der Waals surface area contributed by atoms with E-state index in [-0.39, 0.29) is 10.8 Å². The number of aromatic hydroxyl groups is 1. The van der Waals surface area contributed by atoms with Crippen LogP contribution in [0.2, 0.25) is 0 Å². The zero-order valence-corrected chi connectivity index (χ0v) is 18.2. The summed E-state index contributed by atoms with van der Waals surface area (Å²) in [6.07, 6.45) is 8.02. The van der Waals surface area contributed by atoms with Gasteiger partial charge in [-0.15, -0.1) is 0 Å². The van der Waals surface area contributed by atoms with Crippen molar-refractivity contribution in [3.63, 3.8) is 0 Å². The molecule has 0 amide bonds. The molecule has 0 aliphatic heterocycles. The summed E-state index contributed by atoms with van der Waals surface area (Å²) >= 11 is 0. The molecule has 0 spiro atoms. The minimum absolute atomic E-state index is 0.122. The number of phenolic OH excluding ortho intramolecular Hbond substituents is 1.